The van der Waals surface area contributed by atoms with Gasteiger partial charge in [0, 0.05) is 43.8 Å². The molecule has 0 spiro atoms. The fraction of sp³-hybridized carbons (Fsp3) is 0.611. The lowest BCUT2D eigenvalue weighted by Crippen LogP contribution is -2.37. The van der Waals surface area contributed by atoms with Gasteiger partial charge in [0.15, 0.2) is 5.96 Å². The van der Waals surface area contributed by atoms with Gasteiger partial charge in [-0.15, -0.1) is 24.0 Å². The molecule has 0 aromatic carbocycles. The Balaban J connectivity index is 0.00000338. The van der Waals surface area contributed by atoms with E-state index in [0.29, 0.717) is 19.0 Å². The molecule has 0 aliphatic carbocycles. The third kappa shape index (κ3) is 6.00. The highest BCUT2D eigenvalue weighted by Gasteiger charge is 2.10. The summed E-state index contributed by atoms with van der Waals surface area (Å²) in [5.41, 5.74) is 3.37. The van der Waals surface area contributed by atoms with Crippen LogP contribution >= 0.6 is 24.0 Å². The first-order chi connectivity index (χ1) is 11.9. The summed E-state index contributed by atoms with van der Waals surface area (Å²) in [7, 11) is 1.97. The van der Waals surface area contributed by atoms with E-state index in [1.165, 1.54) is 5.56 Å². The van der Waals surface area contributed by atoms with E-state index in [1.54, 1.807) is 0 Å². The maximum Gasteiger partial charge on any atom is 0.191 e. The molecule has 2 rings (SSSR count). The summed E-state index contributed by atoms with van der Waals surface area (Å²) < 4.78 is 4.10. The summed E-state index contributed by atoms with van der Waals surface area (Å²) in [6.07, 6.45) is 3.88. The van der Waals surface area contributed by atoms with Crippen molar-refractivity contribution in [3.8, 4) is 0 Å². The zero-order chi connectivity index (χ0) is 18.4. The molecule has 0 amide bonds. The molecule has 7 nitrogen and oxygen atoms in total. The second-order valence-electron chi connectivity index (χ2n) is 6.71. The molecule has 8 heteroatoms. The minimum Gasteiger partial charge on any atom is -0.357 e. The van der Waals surface area contributed by atoms with Crippen LogP contribution in [0.15, 0.2) is 17.4 Å². The standard InChI is InChI=1S/C18H31N7.HI/c1-7-19-18(21-10-16-14(4)23-24(6)15(16)5)22-11-17-20-8-9-25(17)12-13(2)3;/h8-9,13H,7,10-12H2,1-6H3,(H2,19,21,22);1H. The molecule has 0 unspecified atom stereocenters. The number of nitrogens with zero attached hydrogens (tertiary/aromatic N) is 5. The van der Waals surface area contributed by atoms with Crippen molar-refractivity contribution in [1.29, 1.82) is 0 Å². The van der Waals surface area contributed by atoms with Crippen molar-refractivity contribution in [2.45, 2.75) is 54.3 Å². The van der Waals surface area contributed by atoms with Gasteiger partial charge in [0.2, 0.25) is 0 Å². The Morgan fingerprint density at radius 2 is 2.00 bits per heavy atom. The maximum absolute atomic E-state index is 4.71. The molecule has 2 aromatic heterocycles. The third-order valence-corrected chi connectivity index (χ3v) is 4.18. The molecule has 0 aliphatic rings. The molecule has 0 saturated heterocycles. The topological polar surface area (TPSA) is 72.1 Å². The summed E-state index contributed by atoms with van der Waals surface area (Å²) in [6.45, 7) is 13.6. The van der Waals surface area contributed by atoms with E-state index >= 15 is 0 Å². The minimum absolute atomic E-state index is 0. The highest BCUT2D eigenvalue weighted by Crippen LogP contribution is 2.12. The first-order valence-corrected chi connectivity index (χ1v) is 8.93. The number of halogens is 1. The molecule has 0 aliphatic heterocycles. The van der Waals surface area contributed by atoms with Crippen molar-refractivity contribution >= 4 is 29.9 Å². The predicted molar refractivity (Wildman–Crippen MR) is 117 cm³/mol. The van der Waals surface area contributed by atoms with Crippen LogP contribution in [0.1, 0.15) is 43.5 Å². The van der Waals surface area contributed by atoms with Crippen molar-refractivity contribution in [1.82, 2.24) is 30.0 Å². The Morgan fingerprint density at radius 3 is 2.58 bits per heavy atom. The lowest BCUT2D eigenvalue weighted by atomic mass is 10.2. The summed E-state index contributed by atoms with van der Waals surface area (Å²) in [6, 6.07) is 0. The summed E-state index contributed by atoms with van der Waals surface area (Å²) >= 11 is 0. The number of rotatable bonds is 7. The van der Waals surface area contributed by atoms with Gasteiger partial charge in [-0.1, -0.05) is 13.8 Å². The average molecular weight is 473 g/mol. The number of aromatic nitrogens is 4. The van der Waals surface area contributed by atoms with Gasteiger partial charge >= 0.3 is 0 Å². The van der Waals surface area contributed by atoms with Gasteiger partial charge in [-0.25, -0.2) is 9.98 Å². The second-order valence-corrected chi connectivity index (χ2v) is 6.71. The van der Waals surface area contributed by atoms with E-state index in [9.17, 15) is 0 Å². The third-order valence-electron chi connectivity index (χ3n) is 4.18. The molecule has 26 heavy (non-hydrogen) atoms. The predicted octanol–water partition coefficient (Wildman–Crippen LogP) is 2.76. The van der Waals surface area contributed by atoms with Crippen LogP contribution in [-0.2, 0) is 26.7 Å². The average Bonchev–Trinajstić information content (AvgIpc) is 3.07. The molecule has 0 radical (unpaired) electrons. The van der Waals surface area contributed by atoms with E-state index in [0.717, 1.165) is 36.3 Å². The first kappa shape index (κ1) is 22.5. The van der Waals surface area contributed by atoms with Gasteiger partial charge in [0.25, 0.3) is 0 Å². The summed E-state index contributed by atoms with van der Waals surface area (Å²) in [5, 5.41) is 11.1. The largest absolute Gasteiger partial charge is 0.357 e. The molecular weight excluding hydrogens is 441 g/mol. The van der Waals surface area contributed by atoms with Crippen LogP contribution in [-0.4, -0.2) is 31.8 Å². The lowest BCUT2D eigenvalue weighted by molar-refractivity contribution is 0.503. The van der Waals surface area contributed by atoms with Gasteiger partial charge in [0.1, 0.15) is 5.82 Å². The highest BCUT2D eigenvalue weighted by atomic mass is 127. The number of nitrogens with one attached hydrogen (secondary N) is 2. The zero-order valence-corrected chi connectivity index (χ0v) is 19.0. The molecule has 0 bridgehead atoms. The normalized spacial score (nSPS) is 11.6. The Bertz CT molecular complexity index is 715. The van der Waals surface area contributed by atoms with Crippen LogP contribution in [0.25, 0.3) is 0 Å². The van der Waals surface area contributed by atoms with Crippen LogP contribution in [0.3, 0.4) is 0 Å². The Morgan fingerprint density at radius 1 is 1.27 bits per heavy atom. The van der Waals surface area contributed by atoms with E-state index in [-0.39, 0.29) is 24.0 Å². The zero-order valence-electron chi connectivity index (χ0n) is 16.7. The Labute approximate surface area is 173 Å². The fourth-order valence-corrected chi connectivity index (χ4v) is 2.78. The molecule has 2 N–H and O–H groups in total. The summed E-state index contributed by atoms with van der Waals surface area (Å²) in [5.74, 6) is 2.41. The molecular formula is C18H32IN7. The number of hydrogen-bond donors (Lipinski definition) is 2. The van der Waals surface area contributed by atoms with Crippen LogP contribution in [0.2, 0.25) is 0 Å². The van der Waals surface area contributed by atoms with Crippen molar-refractivity contribution in [3.63, 3.8) is 0 Å². The fourth-order valence-electron chi connectivity index (χ4n) is 2.78. The van der Waals surface area contributed by atoms with E-state index in [4.69, 9.17) is 4.99 Å². The van der Waals surface area contributed by atoms with Gasteiger partial charge in [-0.05, 0) is 26.7 Å². The SMILES string of the molecule is CCNC(=NCc1c(C)nn(C)c1C)NCc1nccn1CC(C)C.I. The molecule has 0 fully saturated rings. The molecule has 2 heterocycles. The van der Waals surface area contributed by atoms with Crippen LogP contribution in [0.4, 0.5) is 0 Å². The van der Waals surface area contributed by atoms with Gasteiger partial charge < -0.3 is 15.2 Å². The Kier molecular flexibility index (Phi) is 9.11. The van der Waals surface area contributed by atoms with Gasteiger partial charge in [-0.2, -0.15) is 5.10 Å². The highest BCUT2D eigenvalue weighted by molar-refractivity contribution is 14.0. The van der Waals surface area contributed by atoms with Crippen molar-refractivity contribution in [3.05, 3.63) is 35.2 Å². The molecule has 2 aromatic rings. The van der Waals surface area contributed by atoms with Crippen LogP contribution in [0, 0.1) is 19.8 Å². The van der Waals surface area contributed by atoms with E-state index < -0.39 is 0 Å². The van der Waals surface area contributed by atoms with Crippen LogP contribution < -0.4 is 10.6 Å². The maximum atomic E-state index is 4.71. The second kappa shape index (κ2) is 10.5. The smallest absolute Gasteiger partial charge is 0.191 e. The van der Waals surface area contributed by atoms with Crippen molar-refractivity contribution < 1.29 is 0 Å². The quantitative estimate of drug-likeness (QED) is 0.369. The summed E-state index contributed by atoms with van der Waals surface area (Å²) in [4.78, 5) is 9.17. The van der Waals surface area contributed by atoms with Gasteiger partial charge in [-0.3, -0.25) is 4.68 Å². The monoisotopic (exact) mass is 473 g/mol. The molecule has 0 saturated carbocycles. The molecule has 0 atom stereocenters. The number of guanidine groups is 1. The number of aliphatic imine (C=N–C) groups is 1. The number of aryl methyl sites for hydroxylation is 2. The first-order valence-electron chi connectivity index (χ1n) is 8.93. The number of imidazole rings is 1. The minimum atomic E-state index is 0. The lowest BCUT2D eigenvalue weighted by Gasteiger charge is -2.13. The Hall–Kier alpha value is -1.58. The van der Waals surface area contributed by atoms with Crippen molar-refractivity contribution in [2.75, 3.05) is 6.54 Å². The number of hydrogen-bond acceptors (Lipinski definition) is 3. The van der Waals surface area contributed by atoms with Gasteiger partial charge in [0.05, 0.1) is 18.8 Å². The van der Waals surface area contributed by atoms with E-state index in [2.05, 4.69) is 53.0 Å². The van der Waals surface area contributed by atoms with Crippen molar-refractivity contribution in [2.24, 2.45) is 18.0 Å². The molecule has 146 valence electrons. The van der Waals surface area contributed by atoms with Crippen LogP contribution in [0.5, 0.6) is 0 Å². The van der Waals surface area contributed by atoms with E-state index in [1.807, 2.05) is 31.0 Å².